The number of hydrogen-bond donors (Lipinski definition) is 1. The Labute approximate surface area is 158 Å². The summed E-state index contributed by atoms with van der Waals surface area (Å²) in [5, 5.41) is 4.84. The Kier molecular flexibility index (Phi) is 5.78. The van der Waals surface area contributed by atoms with E-state index in [1.165, 1.54) is 11.3 Å². The van der Waals surface area contributed by atoms with Crippen LogP contribution in [-0.2, 0) is 17.5 Å². The number of hydrogen-bond acceptors (Lipinski definition) is 6. The molecule has 1 fully saturated rings. The minimum atomic E-state index is -4.53. The number of morpholine rings is 1. The van der Waals surface area contributed by atoms with Gasteiger partial charge in [-0.3, -0.25) is 20.0 Å². The lowest BCUT2D eigenvalue weighted by Crippen LogP contribution is -2.44. The number of anilines is 1. The molecule has 3 rings (SSSR count). The summed E-state index contributed by atoms with van der Waals surface area (Å²) in [5.74, 6) is -0.550. The number of aromatic nitrogens is 2. The van der Waals surface area contributed by atoms with Crippen LogP contribution in [0, 0.1) is 0 Å². The summed E-state index contributed by atoms with van der Waals surface area (Å²) in [4.78, 5) is 22.1. The number of ether oxygens (including phenoxy) is 1. The molecule has 10 heteroatoms. The van der Waals surface area contributed by atoms with Crippen molar-refractivity contribution in [3.63, 3.8) is 0 Å². The van der Waals surface area contributed by atoms with E-state index in [4.69, 9.17) is 4.74 Å². The van der Waals surface area contributed by atoms with Crippen molar-refractivity contribution < 1.29 is 22.7 Å². The first kappa shape index (κ1) is 19.7. The molecule has 6 nitrogen and oxygen atoms in total. The summed E-state index contributed by atoms with van der Waals surface area (Å²) in [7, 11) is 0. The first-order valence-electron chi connectivity index (χ1n) is 8.37. The van der Waals surface area contributed by atoms with E-state index >= 15 is 0 Å². The van der Waals surface area contributed by atoms with E-state index in [-0.39, 0.29) is 17.8 Å². The largest absolute Gasteiger partial charge is 0.433 e. The molecule has 0 unspecified atom stereocenters. The van der Waals surface area contributed by atoms with E-state index in [1.54, 1.807) is 0 Å². The highest BCUT2D eigenvalue weighted by Gasteiger charge is 2.32. The molecule has 27 heavy (non-hydrogen) atoms. The van der Waals surface area contributed by atoms with E-state index in [9.17, 15) is 18.0 Å². The van der Waals surface area contributed by atoms with Gasteiger partial charge in [0.05, 0.1) is 23.5 Å². The van der Waals surface area contributed by atoms with Gasteiger partial charge < -0.3 is 4.74 Å². The maximum Gasteiger partial charge on any atom is 0.433 e. The monoisotopic (exact) mass is 400 g/mol. The molecule has 0 radical (unpaired) electrons. The van der Waals surface area contributed by atoms with Crippen LogP contribution in [0.3, 0.4) is 0 Å². The maximum atomic E-state index is 12.5. The van der Waals surface area contributed by atoms with Gasteiger partial charge in [-0.2, -0.15) is 13.2 Å². The fourth-order valence-electron chi connectivity index (χ4n) is 2.94. The van der Waals surface area contributed by atoms with Crippen LogP contribution in [-0.4, -0.2) is 46.1 Å². The van der Waals surface area contributed by atoms with Gasteiger partial charge in [0, 0.05) is 31.2 Å². The molecular weight excluding hydrogens is 381 g/mol. The lowest BCUT2D eigenvalue weighted by Gasteiger charge is -2.34. The molecule has 1 saturated heterocycles. The van der Waals surface area contributed by atoms with Gasteiger partial charge in [-0.15, -0.1) is 11.3 Å². The third-order valence-electron chi connectivity index (χ3n) is 3.97. The van der Waals surface area contributed by atoms with Crippen LogP contribution in [0.5, 0.6) is 0 Å². The van der Waals surface area contributed by atoms with Crippen LogP contribution in [0.15, 0.2) is 23.7 Å². The SMILES string of the molecule is C[C@@H]1CN(Cc2csc(NC(=O)c3ccc(C(F)(F)F)nc3)n2)C[C@@H](C)O1. The van der Waals surface area contributed by atoms with Crippen molar-refractivity contribution in [1.82, 2.24) is 14.9 Å². The molecule has 1 aliphatic heterocycles. The van der Waals surface area contributed by atoms with Crippen molar-refractivity contribution in [2.75, 3.05) is 18.4 Å². The maximum absolute atomic E-state index is 12.5. The number of halogens is 3. The second kappa shape index (κ2) is 7.91. The van der Waals surface area contributed by atoms with Crippen LogP contribution in [0.4, 0.5) is 18.3 Å². The van der Waals surface area contributed by atoms with E-state index < -0.39 is 17.8 Å². The van der Waals surface area contributed by atoms with Crippen molar-refractivity contribution in [3.05, 3.63) is 40.7 Å². The molecule has 3 heterocycles. The number of alkyl halides is 3. The molecule has 0 aromatic carbocycles. The number of carbonyl (C=O) groups excluding carboxylic acids is 1. The predicted octanol–water partition coefficient (Wildman–Crippen LogP) is 3.42. The first-order chi connectivity index (χ1) is 12.7. The quantitative estimate of drug-likeness (QED) is 0.852. The Morgan fingerprint density at radius 2 is 2.04 bits per heavy atom. The average molecular weight is 400 g/mol. The van der Waals surface area contributed by atoms with Crippen molar-refractivity contribution in [2.24, 2.45) is 0 Å². The zero-order valence-electron chi connectivity index (χ0n) is 14.8. The Balaban J connectivity index is 1.59. The summed E-state index contributed by atoms with van der Waals surface area (Å²) >= 11 is 1.27. The molecule has 0 bridgehead atoms. The number of nitrogens with one attached hydrogen (secondary N) is 1. The van der Waals surface area contributed by atoms with Crippen molar-refractivity contribution >= 4 is 22.4 Å². The third kappa shape index (κ3) is 5.24. The molecule has 1 amide bonds. The Morgan fingerprint density at radius 3 is 2.63 bits per heavy atom. The average Bonchev–Trinajstić information content (AvgIpc) is 3.00. The van der Waals surface area contributed by atoms with Gasteiger partial charge in [-0.25, -0.2) is 4.98 Å². The Morgan fingerprint density at radius 1 is 1.33 bits per heavy atom. The normalized spacial score (nSPS) is 21.2. The lowest BCUT2D eigenvalue weighted by molar-refractivity contribution is -0.141. The molecule has 2 aromatic heterocycles. The molecule has 1 aliphatic rings. The fourth-order valence-corrected chi connectivity index (χ4v) is 3.64. The number of thiazole rings is 1. The van der Waals surface area contributed by atoms with Gasteiger partial charge in [-0.05, 0) is 26.0 Å². The van der Waals surface area contributed by atoms with E-state index in [0.717, 1.165) is 37.1 Å². The lowest BCUT2D eigenvalue weighted by atomic mass is 10.2. The van der Waals surface area contributed by atoms with Gasteiger partial charge in [-0.1, -0.05) is 0 Å². The standard InChI is InChI=1S/C17H19F3N4O2S/c1-10-6-24(7-11(2)26-10)8-13-9-27-16(22-13)23-15(25)12-3-4-14(21-5-12)17(18,19)20/h3-5,9-11H,6-8H2,1-2H3,(H,22,23,25)/t10-,11-/m1/s1. The highest BCUT2D eigenvalue weighted by molar-refractivity contribution is 7.13. The number of pyridine rings is 1. The number of amides is 1. The second-order valence-electron chi connectivity index (χ2n) is 6.48. The van der Waals surface area contributed by atoms with E-state index in [0.29, 0.717) is 11.7 Å². The zero-order chi connectivity index (χ0) is 19.6. The minimum absolute atomic E-state index is 0.0376. The first-order valence-corrected chi connectivity index (χ1v) is 9.25. The van der Waals surface area contributed by atoms with Gasteiger partial charge in [0.1, 0.15) is 5.69 Å². The van der Waals surface area contributed by atoms with Crippen LogP contribution in [0.1, 0.15) is 35.6 Å². The summed E-state index contributed by atoms with van der Waals surface area (Å²) in [6, 6.07) is 1.87. The molecule has 0 aliphatic carbocycles. The van der Waals surface area contributed by atoms with Gasteiger partial charge in [0.15, 0.2) is 5.13 Å². The topological polar surface area (TPSA) is 67.4 Å². The van der Waals surface area contributed by atoms with Crippen LogP contribution in [0.25, 0.3) is 0 Å². The minimum Gasteiger partial charge on any atom is -0.373 e. The predicted molar refractivity (Wildman–Crippen MR) is 94.6 cm³/mol. The Hall–Kier alpha value is -2.04. The van der Waals surface area contributed by atoms with Crippen molar-refractivity contribution in [3.8, 4) is 0 Å². The molecule has 146 valence electrons. The Bertz CT molecular complexity index is 784. The van der Waals surface area contributed by atoms with Gasteiger partial charge in [0.2, 0.25) is 0 Å². The summed E-state index contributed by atoms with van der Waals surface area (Å²) in [5.41, 5.74) is -0.178. The smallest absolute Gasteiger partial charge is 0.373 e. The van der Waals surface area contributed by atoms with Crippen molar-refractivity contribution in [1.29, 1.82) is 0 Å². The molecule has 0 saturated carbocycles. The molecule has 0 spiro atoms. The molecule has 2 atom stereocenters. The summed E-state index contributed by atoms with van der Waals surface area (Å²) in [6.45, 7) is 6.30. The second-order valence-corrected chi connectivity index (χ2v) is 7.34. The zero-order valence-corrected chi connectivity index (χ0v) is 15.6. The molecular formula is C17H19F3N4O2S. The number of rotatable bonds is 4. The summed E-state index contributed by atoms with van der Waals surface area (Å²) < 4.78 is 43.3. The number of nitrogens with zero attached hydrogens (tertiary/aromatic N) is 3. The van der Waals surface area contributed by atoms with Crippen LogP contribution >= 0.6 is 11.3 Å². The van der Waals surface area contributed by atoms with Gasteiger partial charge >= 0.3 is 6.18 Å². The fraction of sp³-hybridized carbons (Fsp3) is 0.471. The van der Waals surface area contributed by atoms with Crippen LogP contribution < -0.4 is 5.32 Å². The van der Waals surface area contributed by atoms with E-state index in [2.05, 4.69) is 20.2 Å². The van der Waals surface area contributed by atoms with E-state index in [1.807, 2.05) is 19.2 Å². The molecule has 1 N–H and O–H groups in total. The van der Waals surface area contributed by atoms with Crippen LogP contribution in [0.2, 0.25) is 0 Å². The molecule has 2 aromatic rings. The van der Waals surface area contributed by atoms with Gasteiger partial charge in [0.25, 0.3) is 5.91 Å². The van der Waals surface area contributed by atoms with Crippen molar-refractivity contribution in [2.45, 2.75) is 38.8 Å². The highest BCUT2D eigenvalue weighted by Crippen LogP contribution is 2.27. The number of carbonyl (C=O) groups is 1. The summed E-state index contributed by atoms with van der Waals surface area (Å²) in [6.07, 6.45) is -3.32. The highest BCUT2D eigenvalue weighted by atomic mass is 32.1. The third-order valence-corrected chi connectivity index (χ3v) is 4.78.